The summed E-state index contributed by atoms with van der Waals surface area (Å²) in [5.74, 6) is 1.13. The molecule has 0 aliphatic rings. The highest BCUT2D eigenvalue weighted by atomic mass is 32.2. The minimum Gasteiger partial charge on any atom is -0.361 e. The van der Waals surface area contributed by atoms with Gasteiger partial charge >= 0.3 is 0 Å². The first-order chi connectivity index (χ1) is 7.84. The zero-order chi connectivity index (χ0) is 13.1. The van der Waals surface area contributed by atoms with Crippen molar-refractivity contribution in [3.8, 4) is 0 Å². The third kappa shape index (κ3) is 4.34. The molecular weight excluding hydrogens is 282 g/mol. The normalized spacial score (nSPS) is 13.6. The minimum absolute atomic E-state index is 0.0663. The van der Waals surface area contributed by atoms with E-state index in [1.54, 1.807) is 6.92 Å². The van der Waals surface area contributed by atoms with Crippen molar-refractivity contribution in [3.63, 3.8) is 0 Å². The first-order valence-electron chi connectivity index (χ1n) is 4.93. The van der Waals surface area contributed by atoms with E-state index in [1.807, 2.05) is 6.92 Å². The van der Waals surface area contributed by atoms with Crippen molar-refractivity contribution in [2.75, 3.05) is 23.4 Å². The van der Waals surface area contributed by atoms with E-state index in [-0.39, 0.29) is 4.21 Å². The highest BCUT2D eigenvalue weighted by molar-refractivity contribution is 7.91. The number of nitrogens with zero attached hydrogens (tertiary/aromatic N) is 1. The number of aryl methyl sites for hydroxylation is 1. The Morgan fingerprint density at radius 2 is 2.18 bits per heavy atom. The molecule has 3 N–H and O–H groups in total. The predicted molar refractivity (Wildman–Crippen MR) is 70.3 cm³/mol. The van der Waals surface area contributed by atoms with Crippen molar-refractivity contribution in [2.24, 2.45) is 5.14 Å². The molecule has 17 heavy (non-hydrogen) atoms. The Labute approximate surface area is 107 Å². The average Bonchev–Trinajstić information content (AvgIpc) is 2.59. The fourth-order valence-electron chi connectivity index (χ4n) is 1.14. The first kappa shape index (κ1) is 14.6. The van der Waals surface area contributed by atoms with Crippen LogP contribution < -0.4 is 10.5 Å². The number of anilines is 1. The molecule has 6 nitrogen and oxygen atoms in total. The zero-order valence-electron chi connectivity index (χ0n) is 9.60. The number of nitrogens with one attached hydrogen (secondary N) is 1. The number of nitrogens with two attached hydrogens (primary N) is 1. The molecule has 0 saturated carbocycles. The van der Waals surface area contributed by atoms with E-state index in [4.69, 9.17) is 5.14 Å². The van der Waals surface area contributed by atoms with E-state index in [0.717, 1.165) is 11.3 Å². The molecule has 1 rings (SSSR count). The van der Waals surface area contributed by atoms with Crippen LogP contribution in [0.4, 0.5) is 5.13 Å². The van der Waals surface area contributed by atoms with Gasteiger partial charge in [-0.15, -0.1) is 0 Å². The van der Waals surface area contributed by atoms with Crippen LogP contribution in [0.5, 0.6) is 0 Å². The summed E-state index contributed by atoms with van der Waals surface area (Å²) in [6, 6.07) is 0. The van der Waals surface area contributed by atoms with Crippen LogP contribution in [0.25, 0.3) is 0 Å². The van der Waals surface area contributed by atoms with Gasteiger partial charge in [0.1, 0.15) is 0 Å². The van der Waals surface area contributed by atoms with Crippen molar-refractivity contribution in [1.82, 2.24) is 4.98 Å². The second-order valence-electron chi connectivity index (χ2n) is 3.30. The highest BCUT2D eigenvalue weighted by Gasteiger charge is 2.17. The third-order valence-corrected chi connectivity index (χ3v) is 5.91. The molecular formula is C8H15N3O3S3. The van der Waals surface area contributed by atoms with E-state index in [0.29, 0.717) is 28.9 Å². The molecule has 0 radical (unpaired) electrons. The lowest BCUT2D eigenvalue weighted by molar-refractivity contribution is 0.599. The molecule has 1 aromatic rings. The molecule has 98 valence electrons. The summed E-state index contributed by atoms with van der Waals surface area (Å²) in [6.45, 7) is 3.94. The number of sulfonamides is 1. The summed E-state index contributed by atoms with van der Waals surface area (Å²) in [7, 11) is -4.55. The lowest BCUT2D eigenvalue weighted by Crippen LogP contribution is -2.11. The molecule has 9 heteroatoms. The van der Waals surface area contributed by atoms with Crippen LogP contribution in [0.2, 0.25) is 0 Å². The maximum Gasteiger partial charge on any atom is 0.249 e. The lowest BCUT2D eigenvalue weighted by Gasteiger charge is -2.00. The Bertz CT molecular complexity index is 509. The van der Waals surface area contributed by atoms with E-state index < -0.39 is 20.8 Å². The first-order valence-corrected chi connectivity index (χ1v) is 8.78. The fourth-order valence-corrected chi connectivity index (χ4v) is 3.64. The summed E-state index contributed by atoms with van der Waals surface area (Å²) < 4.78 is 33.6. The molecule has 0 spiro atoms. The molecule has 0 aromatic carbocycles. The molecule has 1 aromatic heterocycles. The predicted octanol–water partition coefficient (Wildman–Crippen LogP) is 0.279. The van der Waals surface area contributed by atoms with Crippen LogP contribution in [0.3, 0.4) is 0 Å². The van der Waals surface area contributed by atoms with Crippen LogP contribution in [0.15, 0.2) is 4.21 Å². The quantitative estimate of drug-likeness (QED) is 0.785. The summed E-state index contributed by atoms with van der Waals surface area (Å²) in [4.78, 5) is 4.05. The number of aromatic nitrogens is 1. The van der Waals surface area contributed by atoms with Crippen molar-refractivity contribution in [3.05, 3.63) is 5.69 Å². The SMILES string of the molecule is CCS(=O)CCNc1nc(C)c(S(N)(=O)=O)s1. The molecule has 0 aliphatic carbocycles. The van der Waals surface area contributed by atoms with Gasteiger partial charge in [0.25, 0.3) is 0 Å². The van der Waals surface area contributed by atoms with Gasteiger partial charge in [0.15, 0.2) is 9.34 Å². The summed E-state index contributed by atoms with van der Waals surface area (Å²) in [6.07, 6.45) is 0. The molecule has 0 bridgehead atoms. The van der Waals surface area contributed by atoms with Crippen LogP contribution in [0, 0.1) is 6.92 Å². The van der Waals surface area contributed by atoms with Gasteiger partial charge in [-0.3, -0.25) is 4.21 Å². The van der Waals surface area contributed by atoms with Gasteiger partial charge < -0.3 is 5.32 Å². The molecule has 1 atom stereocenters. The largest absolute Gasteiger partial charge is 0.361 e. The van der Waals surface area contributed by atoms with E-state index >= 15 is 0 Å². The van der Waals surface area contributed by atoms with Gasteiger partial charge in [-0.25, -0.2) is 18.5 Å². The van der Waals surface area contributed by atoms with Crippen molar-refractivity contribution >= 4 is 37.3 Å². The van der Waals surface area contributed by atoms with E-state index in [1.165, 1.54) is 0 Å². The van der Waals surface area contributed by atoms with E-state index in [2.05, 4.69) is 10.3 Å². The topological polar surface area (TPSA) is 102 Å². The number of hydrogen-bond acceptors (Lipinski definition) is 6. The van der Waals surface area contributed by atoms with Gasteiger partial charge in [0.05, 0.1) is 5.69 Å². The molecule has 0 fully saturated rings. The molecule has 1 unspecified atom stereocenters. The number of hydrogen-bond donors (Lipinski definition) is 2. The van der Waals surface area contributed by atoms with Gasteiger partial charge in [-0.05, 0) is 6.92 Å². The zero-order valence-corrected chi connectivity index (χ0v) is 12.0. The van der Waals surface area contributed by atoms with Crippen LogP contribution in [0.1, 0.15) is 12.6 Å². The van der Waals surface area contributed by atoms with Crippen molar-refractivity contribution in [1.29, 1.82) is 0 Å². The Hall–Kier alpha value is -0.510. The van der Waals surface area contributed by atoms with Gasteiger partial charge in [0.2, 0.25) is 10.0 Å². The molecule has 1 heterocycles. The number of thiazole rings is 1. The van der Waals surface area contributed by atoms with Gasteiger partial charge in [-0.1, -0.05) is 18.3 Å². The second kappa shape index (κ2) is 5.89. The Morgan fingerprint density at radius 3 is 2.65 bits per heavy atom. The Balaban J connectivity index is 2.66. The summed E-state index contributed by atoms with van der Waals surface area (Å²) in [5.41, 5.74) is 0.386. The average molecular weight is 297 g/mol. The lowest BCUT2D eigenvalue weighted by atomic mass is 10.6. The fraction of sp³-hybridized carbons (Fsp3) is 0.625. The third-order valence-electron chi connectivity index (χ3n) is 1.94. The maximum atomic E-state index is 11.2. The maximum absolute atomic E-state index is 11.2. The highest BCUT2D eigenvalue weighted by Crippen LogP contribution is 2.25. The smallest absolute Gasteiger partial charge is 0.249 e. The van der Waals surface area contributed by atoms with Crippen molar-refractivity contribution < 1.29 is 12.6 Å². The standard InChI is InChI=1S/C8H15N3O3S3/c1-3-16(12)5-4-10-8-11-6(2)7(15-8)17(9,13)14/h3-5H2,1-2H3,(H,10,11)(H2,9,13,14). The number of primary sulfonamides is 1. The van der Waals surface area contributed by atoms with E-state index in [9.17, 15) is 12.6 Å². The van der Waals surface area contributed by atoms with Crippen molar-refractivity contribution in [2.45, 2.75) is 18.1 Å². The monoisotopic (exact) mass is 297 g/mol. The summed E-state index contributed by atoms with van der Waals surface area (Å²) in [5, 5.41) is 8.46. The summed E-state index contributed by atoms with van der Waals surface area (Å²) >= 11 is 0.992. The Kier molecular flexibility index (Phi) is 5.04. The molecule has 0 amide bonds. The van der Waals surface area contributed by atoms with Gasteiger partial charge in [-0.2, -0.15) is 0 Å². The van der Waals surface area contributed by atoms with Crippen LogP contribution >= 0.6 is 11.3 Å². The van der Waals surface area contributed by atoms with Gasteiger partial charge in [0, 0.05) is 28.9 Å². The minimum atomic E-state index is -3.70. The molecule has 0 aliphatic heterocycles. The second-order valence-corrected chi connectivity index (χ2v) is 7.92. The molecule has 0 saturated heterocycles. The number of rotatable bonds is 6. The van der Waals surface area contributed by atoms with Crippen LogP contribution in [-0.4, -0.2) is 35.7 Å². The Morgan fingerprint density at radius 1 is 1.53 bits per heavy atom. The van der Waals surface area contributed by atoms with Crippen LogP contribution in [-0.2, 0) is 20.8 Å².